The maximum absolute atomic E-state index is 12.6. The first-order chi connectivity index (χ1) is 14.0. The van der Waals surface area contributed by atoms with Gasteiger partial charge in [-0.25, -0.2) is 4.99 Å². The first kappa shape index (κ1) is 24.9. The molecule has 1 aromatic rings. The minimum Gasteiger partial charge on any atom is -0.497 e. The lowest BCUT2D eigenvalue weighted by Crippen LogP contribution is -2.34. The Kier molecular flexibility index (Phi) is 12.7. The Morgan fingerprint density at radius 3 is 2.62 bits per heavy atom. The van der Waals surface area contributed by atoms with Crippen LogP contribution >= 0.6 is 0 Å². The summed E-state index contributed by atoms with van der Waals surface area (Å²) in [6, 6.07) is 7.24. The van der Waals surface area contributed by atoms with Crippen molar-refractivity contribution in [3.05, 3.63) is 29.8 Å². The van der Waals surface area contributed by atoms with E-state index in [1.807, 2.05) is 13.8 Å². The second-order valence-electron chi connectivity index (χ2n) is 6.68. The average Bonchev–Trinajstić information content (AvgIpc) is 2.74. The zero-order valence-electron chi connectivity index (χ0n) is 18.6. The van der Waals surface area contributed by atoms with E-state index in [0.29, 0.717) is 31.1 Å². The molecule has 0 unspecified atom stereocenters. The highest BCUT2D eigenvalue weighted by Crippen LogP contribution is 2.12. The number of carbonyl (C=O) groups is 1. The Balaban J connectivity index is 2.72. The van der Waals surface area contributed by atoms with E-state index in [1.165, 1.54) is 0 Å². The summed E-state index contributed by atoms with van der Waals surface area (Å²) in [6.07, 6.45) is 1.96. The molecule has 1 atom stereocenters. The van der Waals surface area contributed by atoms with E-state index in [0.717, 1.165) is 32.5 Å². The smallest absolute Gasteiger partial charge is 0.292 e. The summed E-state index contributed by atoms with van der Waals surface area (Å²) in [7, 11) is 1.57. The van der Waals surface area contributed by atoms with E-state index in [9.17, 15) is 4.79 Å². The molecule has 1 amide bonds. The van der Waals surface area contributed by atoms with Crippen molar-refractivity contribution in [1.82, 2.24) is 10.2 Å². The fraction of sp³-hybridized carbons (Fsp3) is 0.636. The molecule has 0 radical (unpaired) electrons. The Labute approximate surface area is 175 Å². The summed E-state index contributed by atoms with van der Waals surface area (Å²) in [5.41, 5.74) is 0.486. The van der Waals surface area contributed by atoms with Crippen molar-refractivity contribution in [2.45, 2.75) is 46.6 Å². The molecule has 1 N–H and O–H groups in total. The van der Waals surface area contributed by atoms with Gasteiger partial charge in [-0.2, -0.15) is 0 Å². The molecule has 29 heavy (non-hydrogen) atoms. The fourth-order valence-corrected chi connectivity index (χ4v) is 2.80. The van der Waals surface area contributed by atoms with Crippen LogP contribution in [-0.4, -0.2) is 69.4 Å². The normalized spacial score (nSPS) is 12.7. The molecule has 0 aliphatic carbocycles. The third-order valence-corrected chi connectivity index (χ3v) is 4.55. The lowest BCUT2D eigenvalue weighted by molar-refractivity contribution is 0.0920. The van der Waals surface area contributed by atoms with Crippen molar-refractivity contribution < 1.29 is 19.0 Å². The van der Waals surface area contributed by atoms with Crippen LogP contribution in [0.1, 0.15) is 50.9 Å². The summed E-state index contributed by atoms with van der Waals surface area (Å²) < 4.78 is 16.2. The van der Waals surface area contributed by atoms with Gasteiger partial charge in [-0.3, -0.25) is 10.1 Å². The largest absolute Gasteiger partial charge is 0.497 e. The molecule has 0 aliphatic heterocycles. The van der Waals surface area contributed by atoms with Crippen LogP contribution < -0.4 is 10.1 Å². The molecule has 0 bridgehead atoms. The maximum Gasteiger partial charge on any atom is 0.292 e. The van der Waals surface area contributed by atoms with Crippen LogP contribution in [0.2, 0.25) is 0 Å². The van der Waals surface area contributed by atoms with E-state index >= 15 is 0 Å². The number of benzene rings is 1. The Morgan fingerprint density at radius 1 is 1.21 bits per heavy atom. The third-order valence-electron chi connectivity index (χ3n) is 4.55. The SMILES string of the molecule is CCOCCOC(=N[C@H](C)CCCN(CC)CC)NC(=O)c1cccc(OC)c1. The predicted molar refractivity (Wildman–Crippen MR) is 117 cm³/mol. The summed E-state index contributed by atoms with van der Waals surface area (Å²) in [5.74, 6) is 0.340. The zero-order valence-corrected chi connectivity index (χ0v) is 18.6. The van der Waals surface area contributed by atoms with Crippen molar-refractivity contribution in [2.24, 2.45) is 4.99 Å². The number of ether oxygens (including phenoxy) is 3. The van der Waals surface area contributed by atoms with Crippen molar-refractivity contribution in [3.63, 3.8) is 0 Å². The van der Waals surface area contributed by atoms with Gasteiger partial charge in [0, 0.05) is 12.2 Å². The zero-order chi connectivity index (χ0) is 21.5. The van der Waals surface area contributed by atoms with Crippen LogP contribution in [0.15, 0.2) is 29.3 Å². The second-order valence-corrected chi connectivity index (χ2v) is 6.68. The van der Waals surface area contributed by atoms with Crippen LogP contribution in [0, 0.1) is 0 Å². The summed E-state index contributed by atoms with van der Waals surface area (Å²) in [6.45, 7) is 12.8. The van der Waals surface area contributed by atoms with Crippen molar-refractivity contribution >= 4 is 11.9 Å². The van der Waals surface area contributed by atoms with Gasteiger partial charge in [0.1, 0.15) is 12.4 Å². The highest BCUT2D eigenvalue weighted by atomic mass is 16.5. The number of nitrogens with zero attached hydrogens (tertiary/aromatic N) is 2. The molecule has 0 aliphatic rings. The van der Waals surface area contributed by atoms with Gasteiger partial charge in [0.15, 0.2) is 0 Å². The van der Waals surface area contributed by atoms with E-state index in [2.05, 4.69) is 29.1 Å². The summed E-state index contributed by atoms with van der Waals surface area (Å²) in [5, 5.41) is 2.78. The first-order valence-corrected chi connectivity index (χ1v) is 10.5. The Bertz CT molecular complexity index is 618. The molecule has 7 nitrogen and oxygen atoms in total. The number of nitrogens with one attached hydrogen (secondary N) is 1. The van der Waals surface area contributed by atoms with Crippen molar-refractivity contribution in [3.8, 4) is 5.75 Å². The van der Waals surface area contributed by atoms with Crippen molar-refractivity contribution in [2.75, 3.05) is 46.6 Å². The molecule has 0 saturated heterocycles. The number of carbonyl (C=O) groups excluding carboxylic acids is 1. The third kappa shape index (κ3) is 10.3. The van der Waals surface area contributed by atoms with Gasteiger partial charge >= 0.3 is 0 Å². The van der Waals surface area contributed by atoms with Crippen molar-refractivity contribution in [1.29, 1.82) is 0 Å². The second kappa shape index (κ2) is 14.8. The van der Waals surface area contributed by atoms with Gasteiger partial charge in [0.05, 0.1) is 19.8 Å². The first-order valence-electron chi connectivity index (χ1n) is 10.5. The Morgan fingerprint density at radius 2 is 1.97 bits per heavy atom. The molecule has 0 fully saturated rings. The van der Waals surface area contributed by atoms with E-state index in [1.54, 1.807) is 31.4 Å². The molecule has 1 rings (SSSR count). The maximum atomic E-state index is 12.6. The molecule has 0 saturated carbocycles. The monoisotopic (exact) mass is 407 g/mol. The number of rotatable bonds is 13. The quantitative estimate of drug-likeness (QED) is 0.308. The predicted octanol–water partition coefficient (Wildman–Crippen LogP) is 3.34. The topological polar surface area (TPSA) is 72.4 Å². The lowest BCUT2D eigenvalue weighted by Gasteiger charge is -2.18. The van der Waals surface area contributed by atoms with Gasteiger partial charge in [-0.1, -0.05) is 19.9 Å². The standard InChI is InChI=1S/C22H37N3O4/c1-6-25(7-2)14-10-11-18(4)23-22(29-16-15-28-8-3)24-21(26)19-12-9-13-20(17-19)27-5/h9,12-13,17-18H,6-8,10-11,14-16H2,1-5H3,(H,23,24,26)/t18-/m1/s1. The number of amidine groups is 1. The van der Waals surface area contributed by atoms with E-state index in [4.69, 9.17) is 14.2 Å². The number of hydrogen-bond donors (Lipinski definition) is 1. The van der Waals surface area contributed by atoms with Crippen LogP contribution in [0.25, 0.3) is 0 Å². The van der Waals surface area contributed by atoms with Crippen LogP contribution in [0.5, 0.6) is 5.75 Å². The molecule has 7 heteroatoms. The molecule has 0 heterocycles. The van der Waals surface area contributed by atoms with E-state index in [-0.39, 0.29) is 18.0 Å². The molecular formula is C22H37N3O4. The summed E-state index contributed by atoms with van der Waals surface area (Å²) >= 11 is 0. The number of hydrogen-bond acceptors (Lipinski definition) is 6. The van der Waals surface area contributed by atoms with Gasteiger partial charge in [0.25, 0.3) is 11.9 Å². The highest BCUT2D eigenvalue weighted by molar-refractivity contribution is 6.04. The van der Waals surface area contributed by atoms with Gasteiger partial charge in [0.2, 0.25) is 0 Å². The average molecular weight is 408 g/mol. The number of methoxy groups -OCH3 is 1. The summed E-state index contributed by atoms with van der Waals surface area (Å²) in [4.78, 5) is 19.6. The molecule has 0 spiro atoms. The van der Waals surface area contributed by atoms with Crippen LogP contribution in [-0.2, 0) is 9.47 Å². The van der Waals surface area contributed by atoms with Crippen LogP contribution in [0.3, 0.4) is 0 Å². The van der Waals surface area contributed by atoms with Gasteiger partial charge in [-0.15, -0.1) is 0 Å². The fourth-order valence-electron chi connectivity index (χ4n) is 2.80. The Hall–Kier alpha value is -2.12. The highest BCUT2D eigenvalue weighted by Gasteiger charge is 2.13. The number of aliphatic imine (C=N–C) groups is 1. The minimum absolute atomic E-state index is 0.0401. The molecule has 0 aromatic heterocycles. The minimum atomic E-state index is -0.283. The van der Waals surface area contributed by atoms with Crippen LogP contribution in [0.4, 0.5) is 0 Å². The lowest BCUT2D eigenvalue weighted by atomic mass is 10.2. The van der Waals surface area contributed by atoms with Gasteiger partial charge < -0.3 is 19.1 Å². The van der Waals surface area contributed by atoms with Gasteiger partial charge in [-0.05, 0) is 64.5 Å². The van der Waals surface area contributed by atoms with E-state index < -0.39 is 0 Å². The molecule has 164 valence electrons. The number of amides is 1. The molecular weight excluding hydrogens is 370 g/mol. The molecule has 1 aromatic carbocycles.